The molecule has 1 amide bonds. The molecule has 1 saturated heterocycles. The molecule has 1 aliphatic heterocycles. The van der Waals surface area contributed by atoms with E-state index in [9.17, 15) is 19.7 Å². The molecule has 9 heteroatoms. The van der Waals surface area contributed by atoms with Crippen LogP contribution in [0.3, 0.4) is 0 Å². The summed E-state index contributed by atoms with van der Waals surface area (Å²) in [6.45, 7) is 7.03. The zero-order valence-electron chi connectivity index (χ0n) is 15.1. The first-order valence-corrected chi connectivity index (χ1v) is 8.26. The van der Waals surface area contributed by atoms with Crippen LogP contribution in [0.2, 0.25) is 0 Å². The van der Waals surface area contributed by atoms with Crippen molar-refractivity contribution in [2.45, 2.75) is 26.3 Å². The summed E-state index contributed by atoms with van der Waals surface area (Å²) in [5.41, 5.74) is -0.166. The molecule has 1 N–H and O–H groups in total. The molecule has 1 aromatic rings. The number of hydrogen-bond acceptors (Lipinski definition) is 7. The molecule has 9 nitrogen and oxygen atoms in total. The molecule has 1 aliphatic rings. The highest BCUT2D eigenvalue weighted by atomic mass is 16.6. The van der Waals surface area contributed by atoms with Gasteiger partial charge < -0.3 is 19.7 Å². The minimum Gasteiger partial charge on any atom is -0.452 e. The topological polar surface area (TPSA) is 111 Å². The summed E-state index contributed by atoms with van der Waals surface area (Å²) in [4.78, 5) is 36.5. The molecule has 142 valence electrons. The van der Waals surface area contributed by atoms with E-state index in [2.05, 4.69) is 5.32 Å². The maximum atomic E-state index is 12.1. The van der Waals surface area contributed by atoms with Crippen LogP contribution in [0.4, 0.5) is 11.4 Å². The van der Waals surface area contributed by atoms with E-state index in [0.29, 0.717) is 32.0 Å². The Morgan fingerprint density at radius 1 is 1.31 bits per heavy atom. The first-order chi connectivity index (χ1) is 12.2. The number of anilines is 1. The number of amides is 1. The molecule has 0 bridgehead atoms. The van der Waals surface area contributed by atoms with E-state index in [-0.39, 0.29) is 11.3 Å². The first kappa shape index (κ1) is 19.6. The normalized spacial score (nSPS) is 14.7. The number of esters is 1. The third kappa shape index (κ3) is 5.41. The van der Waals surface area contributed by atoms with Gasteiger partial charge in [0.15, 0.2) is 6.61 Å². The molecule has 0 radical (unpaired) electrons. The average Bonchev–Trinajstić information content (AvgIpc) is 2.58. The fourth-order valence-corrected chi connectivity index (χ4v) is 2.54. The van der Waals surface area contributed by atoms with Crippen LogP contribution in [0.5, 0.6) is 0 Å². The SMILES string of the molecule is CC(C)(C)NC(=O)COC(=O)c1ccc(N2CCOCC2)c([N+](=O)[O-])c1. The van der Waals surface area contributed by atoms with Crippen LogP contribution in [-0.2, 0) is 14.3 Å². The Labute approximate surface area is 151 Å². The molecular weight excluding hydrogens is 342 g/mol. The maximum absolute atomic E-state index is 12.1. The van der Waals surface area contributed by atoms with Gasteiger partial charge in [-0.15, -0.1) is 0 Å². The van der Waals surface area contributed by atoms with Crippen molar-refractivity contribution in [2.24, 2.45) is 0 Å². The number of nitro benzene ring substituents is 1. The second kappa shape index (κ2) is 8.13. The molecule has 0 aromatic heterocycles. The van der Waals surface area contributed by atoms with Crippen LogP contribution in [0.15, 0.2) is 18.2 Å². The van der Waals surface area contributed by atoms with E-state index in [1.54, 1.807) is 20.8 Å². The number of hydrogen-bond donors (Lipinski definition) is 1. The van der Waals surface area contributed by atoms with E-state index in [1.165, 1.54) is 18.2 Å². The number of benzene rings is 1. The fraction of sp³-hybridized carbons (Fsp3) is 0.529. The Bertz CT molecular complexity index is 692. The van der Waals surface area contributed by atoms with E-state index < -0.39 is 28.9 Å². The standard InChI is InChI=1S/C17H23N3O6/c1-17(2,3)18-15(21)11-26-16(22)12-4-5-13(14(10-12)20(23)24)19-6-8-25-9-7-19/h4-5,10H,6-9,11H2,1-3H3,(H,18,21). The molecule has 0 atom stereocenters. The summed E-state index contributed by atoms with van der Waals surface area (Å²) in [5, 5.41) is 14.1. The summed E-state index contributed by atoms with van der Waals surface area (Å²) < 4.78 is 10.2. The number of ether oxygens (including phenoxy) is 2. The van der Waals surface area contributed by atoms with Gasteiger partial charge in [-0.1, -0.05) is 0 Å². The number of nitro groups is 1. The third-order valence-corrected chi connectivity index (χ3v) is 3.61. The van der Waals surface area contributed by atoms with Crippen LogP contribution in [0.25, 0.3) is 0 Å². The third-order valence-electron chi connectivity index (χ3n) is 3.61. The minimum absolute atomic E-state index is 0.0252. The van der Waals surface area contributed by atoms with Crippen LogP contribution < -0.4 is 10.2 Å². The van der Waals surface area contributed by atoms with Gasteiger partial charge in [0.2, 0.25) is 0 Å². The number of carbonyl (C=O) groups is 2. The van der Waals surface area contributed by atoms with Crippen molar-refractivity contribution in [1.82, 2.24) is 5.32 Å². The van der Waals surface area contributed by atoms with Gasteiger partial charge in [-0.3, -0.25) is 14.9 Å². The molecule has 2 rings (SSSR count). The van der Waals surface area contributed by atoms with E-state index in [4.69, 9.17) is 9.47 Å². The highest BCUT2D eigenvalue weighted by molar-refractivity contribution is 5.93. The lowest BCUT2D eigenvalue weighted by molar-refractivity contribution is -0.384. The smallest absolute Gasteiger partial charge is 0.338 e. The van der Waals surface area contributed by atoms with Gasteiger partial charge >= 0.3 is 5.97 Å². The van der Waals surface area contributed by atoms with Crippen molar-refractivity contribution < 1.29 is 24.0 Å². The lowest BCUT2D eigenvalue weighted by atomic mass is 10.1. The van der Waals surface area contributed by atoms with Crippen LogP contribution >= 0.6 is 0 Å². The van der Waals surface area contributed by atoms with Gasteiger partial charge in [-0.2, -0.15) is 0 Å². The molecule has 0 unspecified atom stereocenters. The average molecular weight is 365 g/mol. The molecule has 26 heavy (non-hydrogen) atoms. The van der Waals surface area contributed by atoms with Gasteiger partial charge in [0, 0.05) is 24.7 Å². The second-order valence-electron chi connectivity index (χ2n) is 6.93. The van der Waals surface area contributed by atoms with Crippen LogP contribution in [0.1, 0.15) is 31.1 Å². The van der Waals surface area contributed by atoms with Gasteiger partial charge in [-0.25, -0.2) is 4.79 Å². The monoisotopic (exact) mass is 365 g/mol. The van der Waals surface area contributed by atoms with Crippen LogP contribution in [-0.4, -0.2) is 55.2 Å². The molecule has 1 fully saturated rings. The number of morpholine rings is 1. The highest BCUT2D eigenvalue weighted by Gasteiger charge is 2.24. The number of carbonyl (C=O) groups excluding carboxylic acids is 2. The van der Waals surface area contributed by atoms with E-state index >= 15 is 0 Å². The summed E-state index contributed by atoms with van der Waals surface area (Å²) in [5.74, 6) is -1.23. The lowest BCUT2D eigenvalue weighted by Gasteiger charge is -2.28. The zero-order valence-corrected chi connectivity index (χ0v) is 15.1. The van der Waals surface area contributed by atoms with Gasteiger partial charge in [0.1, 0.15) is 5.69 Å². The largest absolute Gasteiger partial charge is 0.452 e. The fourth-order valence-electron chi connectivity index (χ4n) is 2.54. The van der Waals surface area contributed by atoms with Crippen molar-refractivity contribution in [2.75, 3.05) is 37.8 Å². The van der Waals surface area contributed by atoms with Gasteiger partial charge in [0.25, 0.3) is 11.6 Å². The molecule has 1 aromatic carbocycles. The first-order valence-electron chi connectivity index (χ1n) is 8.26. The highest BCUT2D eigenvalue weighted by Crippen LogP contribution is 2.30. The number of nitrogens with one attached hydrogen (secondary N) is 1. The summed E-state index contributed by atoms with van der Waals surface area (Å²) in [6, 6.07) is 4.16. The van der Waals surface area contributed by atoms with Crippen molar-refractivity contribution >= 4 is 23.3 Å². The number of nitrogens with zero attached hydrogens (tertiary/aromatic N) is 2. The lowest BCUT2D eigenvalue weighted by Crippen LogP contribution is -2.42. The Morgan fingerprint density at radius 2 is 1.96 bits per heavy atom. The summed E-state index contributed by atoms with van der Waals surface area (Å²) in [6.07, 6.45) is 0. The number of rotatable bonds is 5. The van der Waals surface area contributed by atoms with Gasteiger partial charge in [-0.05, 0) is 32.9 Å². The molecule has 1 heterocycles. The van der Waals surface area contributed by atoms with Crippen molar-refractivity contribution in [3.05, 3.63) is 33.9 Å². The van der Waals surface area contributed by atoms with E-state index in [1.807, 2.05) is 4.90 Å². The molecule has 0 spiro atoms. The zero-order chi connectivity index (χ0) is 19.3. The maximum Gasteiger partial charge on any atom is 0.338 e. The molecule has 0 saturated carbocycles. The Kier molecular flexibility index (Phi) is 6.14. The summed E-state index contributed by atoms with van der Waals surface area (Å²) >= 11 is 0. The Morgan fingerprint density at radius 3 is 2.54 bits per heavy atom. The van der Waals surface area contributed by atoms with Crippen molar-refractivity contribution in [1.29, 1.82) is 0 Å². The van der Waals surface area contributed by atoms with Crippen LogP contribution in [0, 0.1) is 10.1 Å². The Hall–Kier alpha value is -2.68. The predicted molar refractivity (Wildman–Crippen MR) is 94.3 cm³/mol. The van der Waals surface area contributed by atoms with Crippen molar-refractivity contribution in [3.8, 4) is 0 Å². The second-order valence-corrected chi connectivity index (χ2v) is 6.93. The van der Waals surface area contributed by atoms with Crippen molar-refractivity contribution in [3.63, 3.8) is 0 Å². The Balaban J connectivity index is 2.09. The quantitative estimate of drug-likeness (QED) is 0.478. The summed E-state index contributed by atoms with van der Waals surface area (Å²) in [7, 11) is 0. The predicted octanol–water partition coefficient (Wildman–Crippen LogP) is 1.50. The van der Waals surface area contributed by atoms with E-state index in [0.717, 1.165) is 0 Å². The molecular formula is C17H23N3O6. The minimum atomic E-state index is -0.786. The molecule has 0 aliphatic carbocycles. The van der Waals surface area contributed by atoms with Gasteiger partial charge in [0.05, 0.1) is 23.7 Å².